The highest BCUT2D eigenvalue weighted by Gasteiger charge is 2.32. The van der Waals surface area contributed by atoms with E-state index in [0.29, 0.717) is 6.42 Å². The monoisotopic (exact) mass is 326 g/mol. The number of hydrogen-bond acceptors (Lipinski definition) is 7. The Kier molecular flexibility index (Phi) is 7.47. The van der Waals surface area contributed by atoms with Gasteiger partial charge in [0.2, 0.25) is 0 Å². The highest BCUT2D eigenvalue weighted by Crippen LogP contribution is 2.21. The predicted octanol–water partition coefficient (Wildman–Crippen LogP) is 1.05. The number of hydrogen-bond donors (Lipinski definition) is 1. The van der Waals surface area contributed by atoms with Crippen LogP contribution in [0.1, 0.15) is 33.6 Å². The maximum absolute atomic E-state index is 11.5. The maximum atomic E-state index is 11.5. The molecule has 1 rings (SSSR count). The van der Waals surface area contributed by atoms with Gasteiger partial charge in [-0.05, 0) is 32.4 Å². The summed E-state index contributed by atoms with van der Waals surface area (Å²) < 4.78 is 15.3. The molecule has 1 fully saturated rings. The van der Waals surface area contributed by atoms with Crippen LogP contribution in [-0.4, -0.2) is 47.4 Å². The molecule has 0 aromatic heterocycles. The second kappa shape index (κ2) is 9.09. The van der Waals surface area contributed by atoms with Crippen molar-refractivity contribution < 1.29 is 33.7 Å². The minimum atomic E-state index is -0.954. The fourth-order valence-corrected chi connectivity index (χ4v) is 2.04. The first-order valence-corrected chi connectivity index (χ1v) is 7.40. The molecule has 128 valence electrons. The van der Waals surface area contributed by atoms with Gasteiger partial charge in [0.05, 0.1) is 6.10 Å². The van der Waals surface area contributed by atoms with Crippen molar-refractivity contribution in [2.45, 2.75) is 58.0 Å². The molecule has 0 aliphatic carbocycles. The van der Waals surface area contributed by atoms with Gasteiger partial charge in [-0.3, -0.25) is 9.59 Å². The Labute approximate surface area is 134 Å². The quantitative estimate of drug-likeness (QED) is 0.323. The van der Waals surface area contributed by atoms with Crippen LogP contribution >= 0.6 is 0 Å². The molecule has 0 bridgehead atoms. The second-order valence-electron chi connectivity index (χ2n) is 5.17. The summed E-state index contributed by atoms with van der Waals surface area (Å²) in [7, 11) is 0. The van der Waals surface area contributed by atoms with Gasteiger partial charge in [0.1, 0.15) is 12.2 Å². The molecule has 1 N–H and O–H groups in total. The summed E-state index contributed by atoms with van der Waals surface area (Å²) in [5.74, 6) is -1.48. The van der Waals surface area contributed by atoms with E-state index in [0.717, 1.165) is 0 Å². The highest BCUT2D eigenvalue weighted by atomic mass is 16.6. The van der Waals surface area contributed by atoms with E-state index in [9.17, 15) is 19.5 Å². The predicted molar refractivity (Wildman–Crippen MR) is 80.2 cm³/mol. The van der Waals surface area contributed by atoms with E-state index in [-0.39, 0.29) is 12.4 Å². The molecule has 1 heterocycles. The summed E-state index contributed by atoms with van der Waals surface area (Å²) in [6, 6.07) is 0. The van der Waals surface area contributed by atoms with E-state index in [2.05, 4.69) is 0 Å². The minimum Gasteiger partial charge on any atom is -0.458 e. The Bertz CT molecular complexity index is 493. The fourth-order valence-electron chi connectivity index (χ4n) is 2.04. The lowest BCUT2D eigenvalue weighted by atomic mass is 10.1. The number of cyclic esters (lactones) is 1. The molecule has 0 radical (unpaired) electrons. The van der Waals surface area contributed by atoms with Crippen LogP contribution in [0.2, 0.25) is 0 Å². The van der Waals surface area contributed by atoms with Crippen molar-refractivity contribution in [1.29, 1.82) is 0 Å². The lowest BCUT2D eigenvalue weighted by Crippen LogP contribution is -2.31. The number of aliphatic hydroxyl groups is 1. The summed E-state index contributed by atoms with van der Waals surface area (Å²) in [6.45, 7) is 4.38. The summed E-state index contributed by atoms with van der Waals surface area (Å²) in [5, 5.41) is 9.69. The van der Waals surface area contributed by atoms with Gasteiger partial charge in [0.25, 0.3) is 0 Å². The number of carbonyl (C=O) groups is 3. The first-order valence-electron chi connectivity index (χ1n) is 7.40. The van der Waals surface area contributed by atoms with Gasteiger partial charge in [-0.2, -0.15) is 0 Å². The van der Waals surface area contributed by atoms with E-state index in [1.165, 1.54) is 38.2 Å². The van der Waals surface area contributed by atoms with Crippen molar-refractivity contribution in [3.63, 3.8) is 0 Å². The SMILES string of the molecule is C/C=C/C(=O)O[C@H](/C=C/[C@@H](OC(C)=O)[C@@H]1CCC(=O)O1)[C@@H](C)O. The summed E-state index contributed by atoms with van der Waals surface area (Å²) in [4.78, 5) is 33.9. The van der Waals surface area contributed by atoms with E-state index < -0.39 is 36.4 Å². The van der Waals surface area contributed by atoms with Crippen molar-refractivity contribution in [1.82, 2.24) is 0 Å². The average molecular weight is 326 g/mol. The standard InChI is InChI=1S/C16H22O7/c1-4-5-15(19)22-12(10(2)17)6-7-13(21-11(3)18)14-8-9-16(20)23-14/h4-7,10,12-14,17H,8-9H2,1-3H3/b5-4+,7-6+/t10-,12-,13-,14+/m1/s1. The van der Waals surface area contributed by atoms with Crippen molar-refractivity contribution >= 4 is 17.9 Å². The number of rotatable bonds is 7. The van der Waals surface area contributed by atoms with Crippen LogP contribution in [0.15, 0.2) is 24.3 Å². The Morgan fingerprint density at radius 1 is 1.35 bits per heavy atom. The van der Waals surface area contributed by atoms with Crippen LogP contribution in [0.4, 0.5) is 0 Å². The molecule has 0 spiro atoms. The zero-order valence-corrected chi connectivity index (χ0v) is 13.4. The van der Waals surface area contributed by atoms with Crippen LogP contribution < -0.4 is 0 Å². The van der Waals surface area contributed by atoms with Gasteiger partial charge >= 0.3 is 17.9 Å². The van der Waals surface area contributed by atoms with Gasteiger partial charge in [-0.15, -0.1) is 0 Å². The lowest BCUT2D eigenvalue weighted by Gasteiger charge is -2.21. The Morgan fingerprint density at radius 2 is 2.04 bits per heavy atom. The molecule has 1 saturated heterocycles. The Morgan fingerprint density at radius 3 is 2.52 bits per heavy atom. The topological polar surface area (TPSA) is 99.1 Å². The number of esters is 3. The van der Waals surface area contributed by atoms with Crippen LogP contribution in [0, 0.1) is 0 Å². The first-order chi connectivity index (χ1) is 10.8. The average Bonchev–Trinajstić information content (AvgIpc) is 2.88. The third-order valence-electron chi connectivity index (χ3n) is 3.11. The molecular formula is C16H22O7. The van der Waals surface area contributed by atoms with E-state index in [4.69, 9.17) is 14.2 Å². The third-order valence-corrected chi connectivity index (χ3v) is 3.11. The Balaban J connectivity index is 2.80. The molecule has 7 nitrogen and oxygen atoms in total. The summed E-state index contributed by atoms with van der Waals surface area (Å²) in [6.07, 6.45) is 3.08. The molecule has 23 heavy (non-hydrogen) atoms. The summed E-state index contributed by atoms with van der Waals surface area (Å²) in [5.41, 5.74) is 0. The molecule has 1 aliphatic rings. The molecule has 0 aromatic rings. The van der Waals surface area contributed by atoms with Crippen LogP contribution in [0.5, 0.6) is 0 Å². The summed E-state index contributed by atoms with van der Waals surface area (Å²) >= 11 is 0. The lowest BCUT2D eigenvalue weighted by molar-refractivity contribution is -0.156. The molecule has 0 amide bonds. The molecule has 7 heteroatoms. The van der Waals surface area contributed by atoms with Crippen molar-refractivity contribution in [3.8, 4) is 0 Å². The van der Waals surface area contributed by atoms with Crippen molar-refractivity contribution in [2.75, 3.05) is 0 Å². The highest BCUT2D eigenvalue weighted by molar-refractivity contribution is 5.82. The van der Waals surface area contributed by atoms with Gasteiger partial charge in [-0.1, -0.05) is 6.08 Å². The van der Waals surface area contributed by atoms with Gasteiger partial charge < -0.3 is 19.3 Å². The van der Waals surface area contributed by atoms with Gasteiger partial charge in [-0.25, -0.2) is 4.79 Å². The number of ether oxygens (including phenoxy) is 3. The molecule has 1 aliphatic heterocycles. The van der Waals surface area contributed by atoms with Gasteiger partial charge in [0.15, 0.2) is 6.10 Å². The second-order valence-corrected chi connectivity index (χ2v) is 5.17. The third kappa shape index (κ3) is 6.65. The number of aliphatic hydroxyl groups excluding tert-OH is 1. The van der Waals surface area contributed by atoms with Crippen LogP contribution in [0.25, 0.3) is 0 Å². The van der Waals surface area contributed by atoms with E-state index >= 15 is 0 Å². The minimum absolute atomic E-state index is 0.256. The molecular weight excluding hydrogens is 304 g/mol. The zero-order valence-electron chi connectivity index (χ0n) is 13.4. The van der Waals surface area contributed by atoms with Crippen LogP contribution in [-0.2, 0) is 28.6 Å². The van der Waals surface area contributed by atoms with E-state index in [1.807, 2.05) is 0 Å². The fraction of sp³-hybridized carbons (Fsp3) is 0.562. The van der Waals surface area contributed by atoms with Crippen molar-refractivity contribution in [2.24, 2.45) is 0 Å². The first kappa shape index (κ1) is 18.9. The zero-order chi connectivity index (χ0) is 17.4. The molecule has 4 atom stereocenters. The Hall–Kier alpha value is -2.15. The number of allylic oxidation sites excluding steroid dienone is 1. The molecule has 0 aromatic carbocycles. The smallest absolute Gasteiger partial charge is 0.331 e. The number of carbonyl (C=O) groups excluding carboxylic acids is 3. The van der Waals surface area contributed by atoms with Crippen LogP contribution in [0.3, 0.4) is 0 Å². The molecule has 0 saturated carbocycles. The molecule has 0 unspecified atom stereocenters. The largest absolute Gasteiger partial charge is 0.458 e. The van der Waals surface area contributed by atoms with E-state index in [1.54, 1.807) is 6.92 Å². The maximum Gasteiger partial charge on any atom is 0.331 e. The van der Waals surface area contributed by atoms with Crippen molar-refractivity contribution in [3.05, 3.63) is 24.3 Å². The normalized spacial score (nSPS) is 21.9. The van der Waals surface area contributed by atoms with Gasteiger partial charge in [0, 0.05) is 19.4 Å².